The summed E-state index contributed by atoms with van der Waals surface area (Å²) in [7, 11) is 0. The van der Waals surface area contributed by atoms with Gasteiger partial charge < -0.3 is 34.8 Å². The van der Waals surface area contributed by atoms with E-state index in [0.717, 1.165) is 65.3 Å². The van der Waals surface area contributed by atoms with Crippen LogP contribution in [-0.2, 0) is 4.74 Å². The number of nitrogens with zero attached hydrogens (tertiary/aromatic N) is 3. The molecule has 1 amide bonds. The van der Waals surface area contributed by atoms with E-state index in [9.17, 15) is 4.79 Å². The van der Waals surface area contributed by atoms with E-state index in [-0.39, 0.29) is 19.1 Å². The lowest BCUT2D eigenvalue weighted by atomic mass is 10.2. The molecule has 1 aliphatic rings. The molecule has 216 valence electrons. The molecule has 7 rings (SSSR count). The number of nitrogens with one attached hydrogen (secondary N) is 3. The third-order valence-corrected chi connectivity index (χ3v) is 7.49. The number of carbonyl (C=O) groups is 1. The molecule has 1 saturated heterocycles. The van der Waals surface area contributed by atoms with Gasteiger partial charge in [0.2, 0.25) is 0 Å². The minimum Gasteiger partial charge on any atom is -0.491 e. The Morgan fingerprint density at radius 1 is 0.837 bits per heavy atom. The Balaban J connectivity index is 1.05. The molecule has 0 saturated carbocycles. The quantitative estimate of drug-likeness (QED) is 0.196. The number of aliphatic hydroxyl groups is 1. The summed E-state index contributed by atoms with van der Waals surface area (Å²) >= 11 is 0. The van der Waals surface area contributed by atoms with Crippen LogP contribution in [0.15, 0.2) is 84.9 Å². The lowest BCUT2D eigenvalue weighted by Crippen LogP contribution is -2.36. The van der Waals surface area contributed by atoms with E-state index in [4.69, 9.17) is 19.6 Å². The number of aromatic nitrogens is 4. The van der Waals surface area contributed by atoms with Crippen LogP contribution in [0.5, 0.6) is 5.75 Å². The number of anilines is 2. The SMILES string of the molecule is O=C(Nc1ccc2[nH]c(-c3ccc(N4CCOCC4)cc3)nc2c1)c1ccc2nc(-c3ccc(OCCO)cc3)[nH]c2c1. The van der Waals surface area contributed by atoms with Crippen LogP contribution < -0.4 is 15.0 Å². The Hall–Kier alpha value is -5.19. The van der Waals surface area contributed by atoms with E-state index in [1.807, 2.05) is 48.5 Å². The summed E-state index contributed by atoms with van der Waals surface area (Å²) in [6.07, 6.45) is 0. The number of H-pyrrole nitrogens is 2. The van der Waals surface area contributed by atoms with Crippen LogP contribution in [0.1, 0.15) is 10.4 Å². The van der Waals surface area contributed by atoms with Crippen LogP contribution in [0.3, 0.4) is 0 Å². The van der Waals surface area contributed by atoms with Crippen molar-refractivity contribution in [1.29, 1.82) is 0 Å². The zero-order valence-corrected chi connectivity index (χ0v) is 23.3. The van der Waals surface area contributed by atoms with Gasteiger partial charge in [0, 0.05) is 41.2 Å². The fraction of sp³-hybridized carbons (Fsp3) is 0.182. The highest BCUT2D eigenvalue weighted by atomic mass is 16.5. The molecular formula is C33H30N6O4. The molecule has 6 aromatic rings. The molecule has 10 heteroatoms. The number of aliphatic hydroxyl groups excluding tert-OH is 1. The monoisotopic (exact) mass is 574 g/mol. The van der Waals surface area contributed by atoms with Crippen molar-refractivity contribution in [3.63, 3.8) is 0 Å². The van der Waals surface area contributed by atoms with Gasteiger partial charge in [-0.15, -0.1) is 0 Å². The van der Waals surface area contributed by atoms with Crippen molar-refractivity contribution in [2.75, 3.05) is 49.7 Å². The van der Waals surface area contributed by atoms with Crippen molar-refractivity contribution in [2.24, 2.45) is 0 Å². The molecule has 0 spiro atoms. The molecule has 4 aromatic carbocycles. The zero-order valence-electron chi connectivity index (χ0n) is 23.3. The van der Waals surface area contributed by atoms with Gasteiger partial charge in [-0.1, -0.05) is 0 Å². The number of ether oxygens (including phenoxy) is 2. The number of amides is 1. The number of hydrogen-bond donors (Lipinski definition) is 4. The summed E-state index contributed by atoms with van der Waals surface area (Å²) in [5.41, 5.74) is 7.42. The second-order valence-electron chi connectivity index (χ2n) is 10.3. The first-order valence-electron chi connectivity index (χ1n) is 14.2. The summed E-state index contributed by atoms with van der Waals surface area (Å²) in [5, 5.41) is 11.9. The van der Waals surface area contributed by atoms with Crippen LogP contribution in [0.4, 0.5) is 11.4 Å². The topological polar surface area (TPSA) is 128 Å². The highest BCUT2D eigenvalue weighted by molar-refractivity contribution is 6.06. The fourth-order valence-electron chi connectivity index (χ4n) is 5.24. The van der Waals surface area contributed by atoms with Crippen LogP contribution in [-0.4, -0.2) is 70.5 Å². The van der Waals surface area contributed by atoms with Gasteiger partial charge in [0.25, 0.3) is 5.91 Å². The van der Waals surface area contributed by atoms with E-state index in [0.29, 0.717) is 22.8 Å². The van der Waals surface area contributed by atoms with Crippen molar-refractivity contribution in [3.05, 3.63) is 90.5 Å². The van der Waals surface area contributed by atoms with Gasteiger partial charge in [-0.2, -0.15) is 0 Å². The number of imidazole rings is 2. The Bertz CT molecular complexity index is 1890. The maximum absolute atomic E-state index is 13.2. The summed E-state index contributed by atoms with van der Waals surface area (Å²) < 4.78 is 10.9. The molecule has 0 aliphatic carbocycles. The summed E-state index contributed by atoms with van der Waals surface area (Å²) in [4.78, 5) is 31.6. The molecule has 1 fully saturated rings. The molecule has 0 unspecified atom stereocenters. The molecular weight excluding hydrogens is 544 g/mol. The van der Waals surface area contributed by atoms with Gasteiger partial charge in [0.05, 0.1) is 41.9 Å². The number of hydrogen-bond acceptors (Lipinski definition) is 7. The Morgan fingerprint density at radius 2 is 1.53 bits per heavy atom. The lowest BCUT2D eigenvalue weighted by molar-refractivity contribution is 0.102. The minimum absolute atomic E-state index is 0.0367. The fourth-order valence-corrected chi connectivity index (χ4v) is 5.24. The van der Waals surface area contributed by atoms with Crippen LogP contribution in [0, 0.1) is 0 Å². The third-order valence-electron chi connectivity index (χ3n) is 7.49. The summed E-state index contributed by atoms with van der Waals surface area (Å²) in [6.45, 7) is 3.51. The Kier molecular flexibility index (Phi) is 7.20. The summed E-state index contributed by atoms with van der Waals surface area (Å²) in [6, 6.07) is 26.9. The number of benzene rings is 4. The van der Waals surface area contributed by atoms with Gasteiger partial charge in [0.1, 0.15) is 24.0 Å². The third kappa shape index (κ3) is 5.66. The number of morpholine rings is 1. The molecule has 3 heterocycles. The molecule has 0 radical (unpaired) electrons. The van der Waals surface area contributed by atoms with Crippen molar-refractivity contribution >= 4 is 39.3 Å². The Labute approximate surface area is 247 Å². The van der Waals surface area contributed by atoms with Gasteiger partial charge in [0.15, 0.2) is 0 Å². The normalized spacial score (nSPS) is 13.5. The molecule has 2 aromatic heterocycles. The summed E-state index contributed by atoms with van der Waals surface area (Å²) in [5.74, 6) is 1.92. The van der Waals surface area contributed by atoms with Gasteiger partial charge in [-0.05, 0) is 84.9 Å². The van der Waals surface area contributed by atoms with Gasteiger partial charge >= 0.3 is 0 Å². The highest BCUT2D eigenvalue weighted by Crippen LogP contribution is 2.27. The first kappa shape index (κ1) is 26.7. The van der Waals surface area contributed by atoms with Crippen molar-refractivity contribution in [3.8, 4) is 28.5 Å². The smallest absolute Gasteiger partial charge is 0.255 e. The molecule has 10 nitrogen and oxygen atoms in total. The molecule has 43 heavy (non-hydrogen) atoms. The zero-order chi connectivity index (χ0) is 29.2. The first-order valence-corrected chi connectivity index (χ1v) is 14.2. The number of fused-ring (bicyclic) bond motifs is 2. The standard InChI is InChI=1S/C33H30N6O4/c40-15-18-43-26-9-3-22(4-10-26)32-35-27-11-5-23(19-29(27)37-32)33(41)34-24-6-12-28-30(20-24)38-31(36-28)21-1-7-25(8-2-21)39-13-16-42-17-14-39/h1-12,19-20,40H,13-18H2,(H,34,41)(H,35,37)(H,36,38). The first-order chi connectivity index (χ1) is 21.1. The largest absolute Gasteiger partial charge is 0.491 e. The van der Waals surface area contributed by atoms with E-state index in [1.165, 1.54) is 5.69 Å². The lowest BCUT2D eigenvalue weighted by Gasteiger charge is -2.28. The van der Waals surface area contributed by atoms with Gasteiger partial charge in [-0.3, -0.25) is 4.79 Å². The van der Waals surface area contributed by atoms with Crippen LogP contribution in [0.2, 0.25) is 0 Å². The van der Waals surface area contributed by atoms with E-state index >= 15 is 0 Å². The predicted molar refractivity (Wildman–Crippen MR) is 167 cm³/mol. The maximum atomic E-state index is 13.2. The Morgan fingerprint density at radius 3 is 2.28 bits per heavy atom. The second kappa shape index (κ2) is 11.6. The molecule has 0 bridgehead atoms. The average molecular weight is 575 g/mol. The van der Waals surface area contributed by atoms with Crippen molar-refractivity contribution < 1.29 is 19.4 Å². The maximum Gasteiger partial charge on any atom is 0.255 e. The molecule has 0 atom stereocenters. The average Bonchev–Trinajstić information content (AvgIpc) is 3.68. The number of aromatic amines is 2. The van der Waals surface area contributed by atoms with Crippen molar-refractivity contribution in [1.82, 2.24) is 19.9 Å². The molecule has 4 N–H and O–H groups in total. The molecule has 1 aliphatic heterocycles. The van der Waals surface area contributed by atoms with Crippen molar-refractivity contribution in [2.45, 2.75) is 0 Å². The van der Waals surface area contributed by atoms with Crippen LogP contribution >= 0.6 is 0 Å². The number of carbonyl (C=O) groups excluding carboxylic acids is 1. The second-order valence-corrected chi connectivity index (χ2v) is 10.3. The predicted octanol–water partition coefficient (Wildman–Crippen LogP) is 5.23. The highest BCUT2D eigenvalue weighted by Gasteiger charge is 2.14. The van der Waals surface area contributed by atoms with E-state index in [1.54, 1.807) is 12.1 Å². The van der Waals surface area contributed by atoms with Gasteiger partial charge in [-0.25, -0.2) is 9.97 Å². The van der Waals surface area contributed by atoms with E-state index < -0.39 is 0 Å². The number of rotatable bonds is 8. The minimum atomic E-state index is -0.225. The van der Waals surface area contributed by atoms with E-state index in [2.05, 4.69) is 49.4 Å². The van der Waals surface area contributed by atoms with Crippen LogP contribution in [0.25, 0.3) is 44.8 Å².